The molecule has 8 heteroatoms. The standard InChI is InChI=1S/C7H3F4.CH2O3.Na/c8-6-3-1-2-5(4-6)7(9,10)11;2-1(3)4;/h1-2,4H;(H2,2,3,4);. The van der Waals surface area contributed by atoms with Gasteiger partial charge in [-0.2, -0.15) is 0 Å². The van der Waals surface area contributed by atoms with E-state index in [4.69, 9.17) is 15.0 Å². The van der Waals surface area contributed by atoms with Crippen LogP contribution in [-0.2, 0) is 6.18 Å². The van der Waals surface area contributed by atoms with E-state index in [9.17, 15) is 17.6 Å². The monoisotopic (exact) mass is 248 g/mol. The Labute approximate surface area is 105 Å². The van der Waals surface area contributed by atoms with Crippen molar-refractivity contribution in [3.8, 4) is 0 Å². The molecule has 1 aromatic carbocycles. The predicted octanol–water partition coefficient (Wildman–Crippen LogP) is 1.86. The van der Waals surface area contributed by atoms with Crippen molar-refractivity contribution >= 4 is 36.9 Å². The Morgan fingerprint density at radius 3 is 2.00 bits per heavy atom. The van der Waals surface area contributed by atoms with Crippen LogP contribution in [0.5, 0.6) is 0 Å². The van der Waals surface area contributed by atoms with E-state index in [1.54, 1.807) is 0 Å². The molecule has 2 N–H and O–H groups in total. The smallest absolute Gasteiger partial charge is 0.450 e. The molecule has 0 aliphatic heterocycles. The molecule has 0 atom stereocenters. The van der Waals surface area contributed by atoms with Crippen LogP contribution < -0.4 is 2.81 Å². The molecule has 0 aromatic heterocycles. The molecule has 0 radical (unpaired) electrons. The van der Waals surface area contributed by atoms with Crippen LogP contribution in [0.4, 0.5) is 22.4 Å². The molecule has 84 valence electrons. The quantitative estimate of drug-likeness (QED) is 0.544. The van der Waals surface area contributed by atoms with Crippen LogP contribution in [0.1, 0.15) is 5.56 Å². The van der Waals surface area contributed by atoms with E-state index in [-0.39, 0.29) is 0 Å². The second-order valence-electron chi connectivity index (χ2n) is 2.74. The van der Waals surface area contributed by atoms with Gasteiger partial charge in [0.25, 0.3) is 0 Å². The Kier molecular flexibility index (Phi) is 5.77. The predicted molar refractivity (Wildman–Crippen MR) is 47.4 cm³/mol. The van der Waals surface area contributed by atoms with Crippen LogP contribution in [0.25, 0.3) is 0 Å². The van der Waals surface area contributed by atoms with Gasteiger partial charge in [-0.15, -0.1) is 0 Å². The van der Waals surface area contributed by atoms with E-state index in [1.807, 2.05) is 0 Å². The zero-order chi connectivity index (χ0) is 12.9. The molecule has 0 heterocycles. The van der Waals surface area contributed by atoms with Gasteiger partial charge in [0.15, 0.2) is 0 Å². The number of hydrogen-bond acceptors (Lipinski definition) is 1. The minimum atomic E-state index is -4.45. The average Bonchev–Trinajstić information content (AvgIpc) is 2.06. The molecule has 1 aromatic rings. The minimum Gasteiger partial charge on any atom is -0.450 e. The molecule has 0 aliphatic rings. The molecule has 0 saturated heterocycles. The van der Waals surface area contributed by atoms with Gasteiger partial charge in [-0.1, -0.05) is 0 Å². The van der Waals surface area contributed by atoms with Gasteiger partial charge in [0.2, 0.25) is 0 Å². The first-order valence-corrected chi connectivity index (χ1v) is 4.90. The third-order valence-corrected chi connectivity index (χ3v) is 2.31. The summed E-state index contributed by atoms with van der Waals surface area (Å²) in [5.41, 5.74) is -0.931. The number of alkyl halides is 3. The molecular formula is C8H5F4NaO3. The van der Waals surface area contributed by atoms with Gasteiger partial charge >= 0.3 is 90.2 Å². The van der Waals surface area contributed by atoms with Crippen molar-refractivity contribution in [2.45, 2.75) is 6.18 Å². The topological polar surface area (TPSA) is 57.5 Å². The maximum atomic E-state index is 12.6. The Bertz CT molecular complexity index is 374. The molecule has 0 amide bonds. The molecule has 0 aliphatic carbocycles. The summed E-state index contributed by atoms with van der Waals surface area (Å²) in [5, 5.41) is 13.9. The summed E-state index contributed by atoms with van der Waals surface area (Å²) in [5.74, 6) is -0.767. The second-order valence-corrected chi connectivity index (χ2v) is 3.82. The number of carbonyl (C=O) groups is 1. The van der Waals surface area contributed by atoms with E-state index >= 15 is 0 Å². The molecule has 0 spiro atoms. The zero-order valence-electron chi connectivity index (χ0n) is 8.05. The molecule has 3 nitrogen and oxygen atoms in total. The first-order chi connectivity index (χ1) is 7.14. The first kappa shape index (κ1) is 15.2. The molecule has 0 unspecified atom stereocenters. The van der Waals surface area contributed by atoms with E-state index < -0.39 is 23.7 Å². The Morgan fingerprint density at radius 2 is 1.69 bits per heavy atom. The van der Waals surface area contributed by atoms with E-state index in [1.165, 1.54) is 6.07 Å². The summed E-state index contributed by atoms with van der Waals surface area (Å²) < 4.78 is 48.8. The molecule has 0 saturated carbocycles. The molecule has 0 bridgehead atoms. The number of hydrogen-bond donors (Lipinski definition) is 2. The number of carboxylic acid groups (broad SMARTS) is 2. The van der Waals surface area contributed by atoms with Crippen molar-refractivity contribution in [3.63, 3.8) is 0 Å². The van der Waals surface area contributed by atoms with Crippen molar-refractivity contribution in [1.29, 1.82) is 0 Å². The Hall–Kier alpha value is -0.790. The Balaban J connectivity index is 0.000000487. The fourth-order valence-electron chi connectivity index (χ4n) is 0.769. The molecule has 0 fully saturated rings. The maximum absolute atomic E-state index is 12.6. The SMILES string of the molecule is Fc1cc(C(F)(F)F)cc[c]1[Na].O=C(O)O. The van der Waals surface area contributed by atoms with Gasteiger partial charge in [-0.05, 0) is 0 Å². The van der Waals surface area contributed by atoms with Crippen LogP contribution in [0.3, 0.4) is 0 Å². The van der Waals surface area contributed by atoms with Crippen LogP contribution in [0.2, 0.25) is 0 Å². The van der Waals surface area contributed by atoms with Gasteiger partial charge in [-0.25, -0.2) is 4.79 Å². The summed E-state index contributed by atoms with van der Waals surface area (Å²) in [7, 11) is 0. The van der Waals surface area contributed by atoms with E-state index in [0.717, 1.165) is 6.07 Å². The summed E-state index contributed by atoms with van der Waals surface area (Å²) in [6.07, 6.45) is -6.28. The average molecular weight is 248 g/mol. The molecule has 16 heavy (non-hydrogen) atoms. The second kappa shape index (κ2) is 6.07. The fraction of sp³-hybridized carbons (Fsp3) is 0.125. The van der Waals surface area contributed by atoms with Crippen molar-refractivity contribution in [3.05, 3.63) is 29.6 Å². The van der Waals surface area contributed by atoms with Gasteiger partial charge in [0.1, 0.15) is 0 Å². The summed E-state index contributed by atoms with van der Waals surface area (Å²) >= 11 is 0.418. The minimum absolute atomic E-state index is 0.350. The van der Waals surface area contributed by atoms with Crippen molar-refractivity contribution in [2.24, 2.45) is 0 Å². The van der Waals surface area contributed by atoms with Crippen molar-refractivity contribution in [1.82, 2.24) is 0 Å². The van der Waals surface area contributed by atoms with Gasteiger partial charge in [0.05, 0.1) is 0 Å². The zero-order valence-corrected chi connectivity index (χ0v) is 10.0. The number of rotatable bonds is 0. The van der Waals surface area contributed by atoms with Crippen LogP contribution in [0, 0.1) is 5.82 Å². The molecular weight excluding hydrogens is 243 g/mol. The maximum Gasteiger partial charge on any atom is 0.503 e. The summed E-state index contributed by atoms with van der Waals surface area (Å²) in [6.45, 7) is 0. The van der Waals surface area contributed by atoms with Crippen molar-refractivity contribution in [2.75, 3.05) is 0 Å². The third kappa shape index (κ3) is 5.94. The third-order valence-electron chi connectivity index (χ3n) is 1.50. The first-order valence-electron chi connectivity index (χ1n) is 3.90. The van der Waals surface area contributed by atoms with Crippen LogP contribution in [-0.4, -0.2) is 44.3 Å². The summed E-state index contributed by atoms with van der Waals surface area (Å²) in [4.78, 5) is 8.56. The largest absolute Gasteiger partial charge is 0.503 e. The Morgan fingerprint density at radius 1 is 1.25 bits per heavy atom. The van der Waals surface area contributed by atoms with Gasteiger partial charge in [-0.3, -0.25) is 0 Å². The number of benzene rings is 1. The molecule has 1 rings (SSSR count). The van der Waals surface area contributed by atoms with E-state index in [2.05, 4.69) is 0 Å². The normalized spacial score (nSPS) is 10.4. The number of halogens is 4. The van der Waals surface area contributed by atoms with Crippen LogP contribution in [0.15, 0.2) is 18.2 Å². The van der Waals surface area contributed by atoms with Crippen LogP contribution >= 0.6 is 0 Å². The van der Waals surface area contributed by atoms with Gasteiger partial charge < -0.3 is 10.2 Å². The fourth-order valence-corrected chi connectivity index (χ4v) is 1.08. The summed E-state index contributed by atoms with van der Waals surface area (Å²) in [6, 6.07) is 2.60. The van der Waals surface area contributed by atoms with E-state index in [0.29, 0.717) is 36.8 Å². The van der Waals surface area contributed by atoms with Gasteiger partial charge in [0, 0.05) is 0 Å². The van der Waals surface area contributed by atoms with Crippen molar-refractivity contribution < 1.29 is 32.6 Å².